The van der Waals surface area contributed by atoms with Crippen LogP contribution in [0.25, 0.3) is 0 Å². The van der Waals surface area contributed by atoms with Gasteiger partial charge in [-0.25, -0.2) is 0 Å². The van der Waals surface area contributed by atoms with E-state index in [-0.39, 0.29) is 23.7 Å². The summed E-state index contributed by atoms with van der Waals surface area (Å²) in [6, 6.07) is 0.151. The molecule has 3 aliphatic heterocycles. The molecule has 0 radical (unpaired) electrons. The lowest BCUT2D eigenvalue weighted by Gasteiger charge is -2.59. The molecule has 4 bridgehead atoms. The number of Topliss-reactive ketones (excluding diaryl/α,β-unsaturated/α-hetero) is 1. The monoisotopic (exact) mass is 391 g/mol. The molecule has 5 heteroatoms. The molecule has 0 aromatic carbocycles. The van der Waals surface area contributed by atoms with Crippen molar-refractivity contribution >= 4 is 11.7 Å². The third-order valence-corrected chi connectivity index (χ3v) is 7.10. The van der Waals surface area contributed by atoms with Gasteiger partial charge in [0.15, 0.2) is 0 Å². The first kappa shape index (κ1) is 21.8. The van der Waals surface area contributed by atoms with E-state index in [9.17, 15) is 9.59 Å². The van der Waals surface area contributed by atoms with Gasteiger partial charge in [0.2, 0.25) is 5.91 Å². The number of nitrogens with zero attached hydrogens (tertiary/aromatic N) is 1. The maximum atomic E-state index is 13.6. The Morgan fingerprint density at radius 3 is 2.32 bits per heavy atom. The quantitative estimate of drug-likeness (QED) is 0.668. The molecule has 160 valence electrons. The minimum Gasteiger partial charge on any atom is -0.354 e. The van der Waals surface area contributed by atoms with Gasteiger partial charge in [-0.15, -0.1) is 0 Å². The number of rotatable bonds is 8. The van der Waals surface area contributed by atoms with Crippen LogP contribution in [-0.4, -0.2) is 53.8 Å². The summed E-state index contributed by atoms with van der Waals surface area (Å²) in [5.41, 5.74) is -0.606. The highest BCUT2D eigenvalue weighted by Gasteiger charge is 2.68. The fourth-order valence-corrected chi connectivity index (χ4v) is 6.32. The van der Waals surface area contributed by atoms with Crippen LogP contribution in [0.1, 0.15) is 61.3 Å². The molecule has 6 atom stereocenters. The number of fused-ring (bicyclic) bond motifs is 1. The molecule has 4 rings (SSSR count). The summed E-state index contributed by atoms with van der Waals surface area (Å²) in [4.78, 5) is 28.8. The zero-order valence-corrected chi connectivity index (χ0v) is 18.9. The van der Waals surface area contributed by atoms with Gasteiger partial charge in [-0.2, -0.15) is 0 Å². The number of likely N-dealkylation sites (tertiary alicyclic amines) is 1. The molecule has 0 aromatic heterocycles. The first-order valence-electron chi connectivity index (χ1n) is 11.4. The van der Waals surface area contributed by atoms with Gasteiger partial charge in [-0.05, 0) is 43.4 Å². The molecule has 28 heavy (non-hydrogen) atoms. The van der Waals surface area contributed by atoms with Crippen molar-refractivity contribution in [3.05, 3.63) is 0 Å². The summed E-state index contributed by atoms with van der Waals surface area (Å²) < 4.78 is 0. The lowest BCUT2D eigenvalue weighted by atomic mass is 9.55. The Kier molecular flexibility index (Phi) is 6.26. The van der Waals surface area contributed by atoms with E-state index >= 15 is 0 Å². The van der Waals surface area contributed by atoms with Crippen molar-refractivity contribution in [3.63, 3.8) is 0 Å². The zero-order valence-electron chi connectivity index (χ0n) is 18.9. The van der Waals surface area contributed by atoms with E-state index in [2.05, 4.69) is 57.1 Å². The van der Waals surface area contributed by atoms with E-state index < -0.39 is 5.54 Å². The number of piperidine rings is 2. The van der Waals surface area contributed by atoms with Crippen LogP contribution in [0.15, 0.2) is 0 Å². The number of nitrogens with one attached hydrogen (secondary N) is 2. The van der Waals surface area contributed by atoms with Crippen molar-refractivity contribution in [3.8, 4) is 0 Å². The normalized spacial score (nSPS) is 37.3. The fraction of sp³-hybridized carbons (Fsp3) is 0.913. The highest BCUT2D eigenvalue weighted by Crippen LogP contribution is 2.55. The highest BCUT2D eigenvalue weighted by molar-refractivity contribution is 5.90. The zero-order chi connectivity index (χ0) is 20.8. The SMILES string of the molecule is CC(=O)C1NC2(C(=O)NCC(C)C)CC3CN(CC(C)C)C(C31)C2CC(C)C. The van der Waals surface area contributed by atoms with Gasteiger partial charge in [-0.1, -0.05) is 41.5 Å². The minimum absolute atomic E-state index is 0.123. The Hall–Kier alpha value is -0.940. The number of ketones is 1. The smallest absolute Gasteiger partial charge is 0.240 e. The molecule has 1 saturated carbocycles. The average molecular weight is 392 g/mol. The van der Waals surface area contributed by atoms with E-state index in [1.54, 1.807) is 6.92 Å². The van der Waals surface area contributed by atoms with Crippen molar-refractivity contribution in [1.29, 1.82) is 0 Å². The van der Waals surface area contributed by atoms with Crippen molar-refractivity contribution in [2.75, 3.05) is 19.6 Å². The average Bonchev–Trinajstić information content (AvgIpc) is 2.87. The summed E-state index contributed by atoms with van der Waals surface area (Å²) in [5.74, 6) is 2.89. The van der Waals surface area contributed by atoms with Crippen molar-refractivity contribution < 1.29 is 9.59 Å². The molecule has 2 N–H and O–H groups in total. The second-order valence-electron chi connectivity index (χ2n) is 10.9. The van der Waals surface area contributed by atoms with Crippen LogP contribution in [0.5, 0.6) is 0 Å². The van der Waals surface area contributed by atoms with Crippen LogP contribution in [-0.2, 0) is 9.59 Å². The van der Waals surface area contributed by atoms with Crippen LogP contribution in [0.3, 0.4) is 0 Å². The van der Waals surface area contributed by atoms with Crippen LogP contribution in [0.4, 0.5) is 0 Å². The van der Waals surface area contributed by atoms with E-state index in [4.69, 9.17) is 0 Å². The van der Waals surface area contributed by atoms with Gasteiger partial charge in [0.05, 0.1) is 6.04 Å². The summed E-state index contributed by atoms with van der Waals surface area (Å²) in [6.07, 6.45) is 1.89. The summed E-state index contributed by atoms with van der Waals surface area (Å²) >= 11 is 0. The third kappa shape index (κ3) is 3.77. The van der Waals surface area contributed by atoms with E-state index in [0.29, 0.717) is 42.2 Å². The highest BCUT2D eigenvalue weighted by atomic mass is 16.2. The lowest BCUT2D eigenvalue weighted by Crippen LogP contribution is -2.78. The van der Waals surface area contributed by atoms with Gasteiger partial charge < -0.3 is 5.32 Å². The molecule has 0 spiro atoms. The van der Waals surface area contributed by atoms with E-state index in [0.717, 1.165) is 25.9 Å². The van der Waals surface area contributed by atoms with Crippen LogP contribution in [0, 0.1) is 35.5 Å². The topological polar surface area (TPSA) is 61.4 Å². The molecular formula is C23H41N3O2. The van der Waals surface area contributed by atoms with Crippen molar-refractivity contribution in [2.45, 2.75) is 78.9 Å². The molecule has 1 amide bonds. The van der Waals surface area contributed by atoms with Gasteiger partial charge in [0.25, 0.3) is 0 Å². The van der Waals surface area contributed by atoms with Crippen LogP contribution in [0.2, 0.25) is 0 Å². The second-order valence-corrected chi connectivity index (χ2v) is 10.9. The molecule has 3 saturated heterocycles. The second kappa shape index (κ2) is 8.06. The fourth-order valence-electron chi connectivity index (χ4n) is 6.32. The van der Waals surface area contributed by atoms with E-state index in [1.165, 1.54) is 0 Å². The Bertz CT molecular complexity index is 603. The Morgan fingerprint density at radius 2 is 1.79 bits per heavy atom. The van der Waals surface area contributed by atoms with Crippen molar-refractivity contribution in [1.82, 2.24) is 15.5 Å². The molecule has 5 nitrogen and oxygen atoms in total. The lowest BCUT2D eigenvalue weighted by molar-refractivity contribution is -0.147. The molecule has 3 heterocycles. The number of carbonyl (C=O) groups is 2. The van der Waals surface area contributed by atoms with Crippen LogP contribution < -0.4 is 10.6 Å². The Labute approximate surface area is 171 Å². The maximum Gasteiger partial charge on any atom is 0.240 e. The predicted octanol–water partition coefficient (Wildman–Crippen LogP) is 2.70. The number of hydrogen-bond donors (Lipinski definition) is 2. The molecule has 1 aliphatic carbocycles. The number of amides is 1. The standard InChI is InChI=1S/C23H41N3O2/c1-13(2)8-18-21-19-17(12-26(21)11-15(5)6)9-23(18,25-20(19)16(7)27)22(28)24-10-14(3)4/h13-15,17-21,25H,8-12H2,1-7H3,(H,24,28). The molecule has 6 unspecified atom stereocenters. The van der Waals surface area contributed by atoms with Gasteiger partial charge in [0, 0.05) is 37.5 Å². The molecule has 0 aromatic rings. The van der Waals surface area contributed by atoms with Crippen LogP contribution >= 0.6 is 0 Å². The largest absolute Gasteiger partial charge is 0.354 e. The first-order valence-corrected chi connectivity index (χ1v) is 11.4. The first-order chi connectivity index (χ1) is 13.1. The summed E-state index contributed by atoms with van der Waals surface area (Å²) in [6.45, 7) is 17.8. The molecule has 4 aliphatic rings. The minimum atomic E-state index is -0.606. The van der Waals surface area contributed by atoms with Gasteiger partial charge in [0.1, 0.15) is 11.3 Å². The molecular weight excluding hydrogens is 350 g/mol. The number of hydrogen-bond acceptors (Lipinski definition) is 4. The third-order valence-electron chi connectivity index (χ3n) is 7.10. The Morgan fingerprint density at radius 1 is 1.11 bits per heavy atom. The molecule has 4 fully saturated rings. The van der Waals surface area contributed by atoms with E-state index in [1.807, 2.05) is 0 Å². The van der Waals surface area contributed by atoms with Gasteiger partial charge in [-0.3, -0.25) is 19.8 Å². The number of carbonyl (C=O) groups excluding carboxylic acids is 2. The maximum absolute atomic E-state index is 13.6. The Balaban J connectivity index is 2.00. The summed E-state index contributed by atoms with van der Waals surface area (Å²) in [7, 11) is 0. The van der Waals surface area contributed by atoms with Gasteiger partial charge >= 0.3 is 0 Å². The summed E-state index contributed by atoms with van der Waals surface area (Å²) in [5, 5.41) is 6.86. The predicted molar refractivity (Wildman–Crippen MR) is 113 cm³/mol. The van der Waals surface area contributed by atoms with Crippen molar-refractivity contribution in [2.24, 2.45) is 35.5 Å².